The lowest BCUT2D eigenvalue weighted by molar-refractivity contribution is -0.116. The Morgan fingerprint density at radius 2 is 1.88 bits per heavy atom. The minimum Gasteiger partial charge on any atom is -0.360 e. The highest BCUT2D eigenvalue weighted by Crippen LogP contribution is 2.18. The molecule has 0 aliphatic heterocycles. The van der Waals surface area contributed by atoms with Gasteiger partial charge in [0, 0.05) is 12.6 Å². The van der Waals surface area contributed by atoms with Crippen LogP contribution in [0.15, 0.2) is 39.8 Å². The number of anilines is 1. The second kappa shape index (κ2) is 8.46. The van der Waals surface area contributed by atoms with E-state index < -0.39 is 15.9 Å². The first-order valence-electron chi connectivity index (χ1n) is 8.48. The van der Waals surface area contributed by atoms with E-state index in [0.29, 0.717) is 18.1 Å². The van der Waals surface area contributed by atoms with Crippen LogP contribution in [0.1, 0.15) is 31.6 Å². The van der Waals surface area contributed by atoms with Gasteiger partial charge in [0.2, 0.25) is 15.9 Å². The number of nitrogens with one attached hydrogen (secondary N) is 1. The van der Waals surface area contributed by atoms with Crippen LogP contribution in [0.3, 0.4) is 0 Å². The van der Waals surface area contributed by atoms with E-state index >= 15 is 0 Å². The molecule has 1 N–H and O–H groups in total. The van der Waals surface area contributed by atoms with Crippen molar-refractivity contribution < 1.29 is 17.7 Å². The number of hydrogen-bond donors (Lipinski definition) is 1. The lowest BCUT2D eigenvalue weighted by Crippen LogP contribution is -2.39. The van der Waals surface area contributed by atoms with Crippen LogP contribution in [0.25, 0.3) is 0 Å². The predicted octanol–water partition coefficient (Wildman–Crippen LogP) is 2.97. The number of nitrogens with zero attached hydrogens (tertiary/aromatic N) is 2. The Hall–Kier alpha value is -2.19. The van der Waals surface area contributed by atoms with Gasteiger partial charge in [0.1, 0.15) is 5.76 Å². The highest BCUT2D eigenvalue weighted by molar-refractivity contribution is 7.89. The van der Waals surface area contributed by atoms with Gasteiger partial charge in [-0.3, -0.25) is 4.79 Å². The van der Waals surface area contributed by atoms with Gasteiger partial charge >= 0.3 is 0 Å². The smallest absolute Gasteiger partial charge is 0.243 e. The maximum atomic E-state index is 13.0. The van der Waals surface area contributed by atoms with Crippen LogP contribution in [0.2, 0.25) is 0 Å². The molecule has 0 saturated carbocycles. The zero-order valence-electron chi connectivity index (χ0n) is 15.5. The topological polar surface area (TPSA) is 92.5 Å². The molecule has 0 fully saturated rings. The molecular weight excluding hydrogens is 354 g/mol. The molecule has 1 aromatic heterocycles. The van der Waals surface area contributed by atoms with Crippen molar-refractivity contribution in [2.24, 2.45) is 5.92 Å². The molecule has 1 aromatic carbocycles. The van der Waals surface area contributed by atoms with Gasteiger partial charge in [-0.15, -0.1) is 0 Å². The molecule has 0 aliphatic rings. The van der Waals surface area contributed by atoms with Gasteiger partial charge in [0.05, 0.1) is 11.4 Å². The van der Waals surface area contributed by atoms with E-state index in [1.54, 1.807) is 37.3 Å². The third kappa shape index (κ3) is 5.40. The Bertz CT molecular complexity index is 842. The predicted molar refractivity (Wildman–Crippen MR) is 99.3 cm³/mol. The zero-order valence-corrected chi connectivity index (χ0v) is 16.3. The summed E-state index contributed by atoms with van der Waals surface area (Å²) in [7, 11) is -3.77. The SMILES string of the molecule is Cc1ccc(S(=O)(=O)N(CCC(C)C)CC(=O)Nc2cc(C)on2)cc1. The minimum atomic E-state index is -3.77. The number of carbonyl (C=O) groups is 1. The first kappa shape index (κ1) is 20.1. The summed E-state index contributed by atoms with van der Waals surface area (Å²) in [6.45, 7) is 7.59. The van der Waals surface area contributed by atoms with Crippen LogP contribution in [-0.2, 0) is 14.8 Å². The average molecular weight is 379 g/mol. The van der Waals surface area contributed by atoms with Crippen LogP contribution >= 0.6 is 0 Å². The van der Waals surface area contributed by atoms with Crippen molar-refractivity contribution in [2.75, 3.05) is 18.4 Å². The Kier molecular flexibility index (Phi) is 6.55. The van der Waals surface area contributed by atoms with Gasteiger partial charge < -0.3 is 9.84 Å². The third-order valence-corrected chi connectivity index (χ3v) is 5.69. The van der Waals surface area contributed by atoms with Crippen LogP contribution in [0.5, 0.6) is 0 Å². The third-order valence-electron chi connectivity index (χ3n) is 3.83. The van der Waals surface area contributed by atoms with Gasteiger partial charge in [0.25, 0.3) is 0 Å². The summed E-state index contributed by atoms with van der Waals surface area (Å²) in [5, 5.41) is 6.26. The number of rotatable bonds is 8. The van der Waals surface area contributed by atoms with Crippen molar-refractivity contribution in [1.82, 2.24) is 9.46 Å². The Morgan fingerprint density at radius 1 is 1.23 bits per heavy atom. The molecule has 2 rings (SSSR count). The molecule has 2 aromatic rings. The van der Waals surface area contributed by atoms with Crippen LogP contribution in [-0.4, -0.2) is 36.9 Å². The summed E-state index contributed by atoms with van der Waals surface area (Å²) in [6.07, 6.45) is 0.654. The van der Waals surface area contributed by atoms with Gasteiger partial charge in [0.15, 0.2) is 5.82 Å². The quantitative estimate of drug-likeness (QED) is 0.761. The van der Waals surface area contributed by atoms with Crippen molar-refractivity contribution >= 4 is 21.7 Å². The summed E-state index contributed by atoms with van der Waals surface area (Å²) >= 11 is 0. The average Bonchev–Trinajstić information content (AvgIpc) is 2.96. The molecule has 0 atom stereocenters. The van der Waals surface area contributed by atoms with Crippen LogP contribution < -0.4 is 5.32 Å². The fourth-order valence-corrected chi connectivity index (χ4v) is 3.72. The maximum Gasteiger partial charge on any atom is 0.243 e. The molecule has 26 heavy (non-hydrogen) atoms. The lowest BCUT2D eigenvalue weighted by Gasteiger charge is -2.22. The summed E-state index contributed by atoms with van der Waals surface area (Å²) in [5.41, 5.74) is 0.969. The van der Waals surface area contributed by atoms with Crippen molar-refractivity contribution in [3.8, 4) is 0 Å². The van der Waals surface area contributed by atoms with Crippen molar-refractivity contribution in [3.05, 3.63) is 41.7 Å². The number of sulfonamides is 1. The number of amides is 1. The van der Waals surface area contributed by atoms with Gasteiger partial charge in [-0.2, -0.15) is 4.31 Å². The van der Waals surface area contributed by atoms with Gasteiger partial charge in [-0.1, -0.05) is 36.7 Å². The van der Waals surface area contributed by atoms with Gasteiger partial charge in [-0.05, 0) is 38.3 Å². The first-order chi connectivity index (χ1) is 12.2. The largest absolute Gasteiger partial charge is 0.360 e. The zero-order chi connectivity index (χ0) is 19.3. The summed E-state index contributed by atoms with van der Waals surface area (Å²) in [4.78, 5) is 12.5. The minimum absolute atomic E-state index is 0.178. The van der Waals surface area contributed by atoms with E-state index in [9.17, 15) is 13.2 Å². The normalized spacial score (nSPS) is 11.9. The molecule has 0 radical (unpaired) electrons. The number of hydrogen-bond acceptors (Lipinski definition) is 5. The molecule has 0 aliphatic carbocycles. The molecule has 1 heterocycles. The molecule has 0 unspecified atom stereocenters. The molecule has 8 heteroatoms. The van der Waals surface area contributed by atoms with Crippen molar-refractivity contribution in [2.45, 2.75) is 39.0 Å². The Morgan fingerprint density at radius 3 is 2.42 bits per heavy atom. The van der Waals surface area contributed by atoms with E-state index in [2.05, 4.69) is 10.5 Å². The van der Waals surface area contributed by atoms with Crippen molar-refractivity contribution in [1.29, 1.82) is 0 Å². The van der Waals surface area contributed by atoms with E-state index in [4.69, 9.17) is 4.52 Å². The molecule has 0 saturated heterocycles. The molecule has 7 nitrogen and oxygen atoms in total. The van der Waals surface area contributed by atoms with Crippen LogP contribution in [0.4, 0.5) is 5.82 Å². The fraction of sp³-hybridized carbons (Fsp3) is 0.444. The monoisotopic (exact) mass is 379 g/mol. The Labute approximate surface area is 154 Å². The number of aryl methyl sites for hydroxylation is 2. The van der Waals surface area contributed by atoms with E-state index in [1.165, 1.54) is 4.31 Å². The second-order valence-electron chi connectivity index (χ2n) is 6.71. The number of benzene rings is 1. The first-order valence-corrected chi connectivity index (χ1v) is 9.92. The molecule has 142 valence electrons. The Balaban J connectivity index is 2.18. The maximum absolute atomic E-state index is 13.0. The summed E-state index contributed by atoms with van der Waals surface area (Å²) < 4.78 is 32.0. The van der Waals surface area contributed by atoms with Gasteiger partial charge in [-0.25, -0.2) is 8.42 Å². The second-order valence-corrected chi connectivity index (χ2v) is 8.64. The standard InChI is InChI=1S/C18H25N3O4S/c1-13(2)9-10-21(12-18(22)19-17-11-15(4)25-20-17)26(23,24)16-7-5-14(3)6-8-16/h5-8,11,13H,9-10,12H2,1-4H3,(H,19,20,22). The number of aromatic nitrogens is 1. The van der Waals surface area contributed by atoms with Crippen molar-refractivity contribution in [3.63, 3.8) is 0 Å². The molecule has 0 spiro atoms. The lowest BCUT2D eigenvalue weighted by atomic mass is 10.1. The molecule has 1 amide bonds. The van der Waals surface area contributed by atoms with E-state index in [0.717, 1.165) is 5.56 Å². The molecular formula is C18H25N3O4S. The number of carbonyl (C=O) groups excluding carboxylic acids is 1. The van der Waals surface area contributed by atoms with Crippen LogP contribution in [0, 0.1) is 19.8 Å². The highest BCUT2D eigenvalue weighted by atomic mass is 32.2. The molecule has 0 bridgehead atoms. The summed E-state index contributed by atoms with van der Waals surface area (Å²) in [5.74, 6) is 0.679. The van der Waals surface area contributed by atoms with E-state index in [1.807, 2.05) is 20.8 Å². The van der Waals surface area contributed by atoms with E-state index in [-0.39, 0.29) is 23.8 Å². The highest BCUT2D eigenvalue weighted by Gasteiger charge is 2.27. The fourth-order valence-electron chi connectivity index (χ4n) is 2.31. The summed E-state index contributed by atoms with van der Waals surface area (Å²) in [6, 6.07) is 8.18.